The zero-order valence-electron chi connectivity index (χ0n) is 9.91. The summed E-state index contributed by atoms with van der Waals surface area (Å²) in [5.74, 6) is -0.831. The Morgan fingerprint density at radius 1 is 1.28 bits per heavy atom. The van der Waals surface area contributed by atoms with E-state index >= 15 is 0 Å². The van der Waals surface area contributed by atoms with E-state index in [0.29, 0.717) is 16.2 Å². The molecule has 0 bridgehead atoms. The predicted octanol–water partition coefficient (Wildman–Crippen LogP) is 2.77. The number of alkyl halides is 2. The molecule has 6 heteroatoms. The summed E-state index contributed by atoms with van der Waals surface area (Å²) in [5, 5.41) is 22.7. The first-order valence-corrected chi connectivity index (χ1v) is 7.68. The maximum absolute atomic E-state index is 12.1. The number of halogens is 2. The van der Waals surface area contributed by atoms with Crippen molar-refractivity contribution in [1.82, 2.24) is 5.32 Å². The van der Waals surface area contributed by atoms with Gasteiger partial charge in [0, 0.05) is 16.2 Å². The number of rotatable bonds is 5. The number of carbonyl (C=O) groups is 1. The van der Waals surface area contributed by atoms with Gasteiger partial charge in [-0.25, -0.2) is 0 Å². The molecule has 0 unspecified atom stereocenters. The van der Waals surface area contributed by atoms with Gasteiger partial charge in [-0.2, -0.15) is 0 Å². The van der Waals surface area contributed by atoms with Gasteiger partial charge in [-0.3, -0.25) is 4.79 Å². The van der Waals surface area contributed by atoms with Crippen LogP contribution in [0.2, 0.25) is 0 Å². The average Bonchev–Trinajstić information content (AvgIpc) is 2.39. The van der Waals surface area contributed by atoms with Crippen LogP contribution in [0.15, 0.2) is 18.2 Å². The number of phenols is 2. The molecule has 0 saturated carbocycles. The second-order valence-corrected chi connectivity index (χ2v) is 5.18. The van der Waals surface area contributed by atoms with Crippen LogP contribution in [0.3, 0.4) is 0 Å². The van der Waals surface area contributed by atoms with Crippen molar-refractivity contribution in [3.8, 4) is 11.5 Å². The van der Waals surface area contributed by atoms with Crippen molar-refractivity contribution in [2.24, 2.45) is 0 Å². The molecule has 0 saturated heterocycles. The average molecular weight is 381 g/mol. The molecule has 0 aliphatic carbocycles. The maximum atomic E-state index is 12.1. The van der Waals surface area contributed by atoms with Crippen molar-refractivity contribution in [3.63, 3.8) is 0 Å². The maximum Gasteiger partial charge on any atom is 0.251 e. The van der Waals surface area contributed by atoms with Crippen LogP contribution in [0.5, 0.6) is 11.5 Å². The molecule has 0 spiro atoms. The fraction of sp³-hybridized carbons (Fsp3) is 0.417. The van der Waals surface area contributed by atoms with Crippen molar-refractivity contribution in [2.75, 3.05) is 10.7 Å². The normalized spacial score (nSPS) is 11.3. The molecule has 0 aromatic heterocycles. The monoisotopic (exact) mass is 379 g/mol. The molecule has 4 nitrogen and oxygen atoms in total. The molecule has 1 rings (SSSR count). The van der Waals surface area contributed by atoms with Gasteiger partial charge in [0.25, 0.3) is 5.91 Å². The minimum Gasteiger partial charge on any atom is -0.504 e. The minimum atomic E-state index is -0.370. The lowest BCUT2D eigenvalue weighted by Crippen LogP contribution is -2.51. The Bertz CT molecular complexity index is 425. The Hall–Kier alpha value is -0.750. The SMILES string of the molecule is CCC(CBr)(CBr)NC(=O)c1ccc(O)c(O)c1. The summed E-state index contributed by atoms with van der Waals surface area (Å²) < 4.78 is 0. The second kappa shape index (κ2) is 6.43. The van der Waals surface area contributed by atoms with E-state index in [1.165, 1.54) is 18.2 Å². The fourth-order valence-electron chi connectivity index (χ4n) is 1.36. The first-order valence-electron chi connectivity index (χ1n) is 5.44. The van der Waals surface area contributed by atoms with Gasteiger partial charge in [0.05, 0.1) is 5.54 Å². The third kappa shape index (κ3) is 3.38. The van der Waals surface area contributed by atoms with E-state index in [-0.39, 0.29) is 22.9 Å². The first kappa shape index (κ1) is 15.3. The summed E-state index contributed by atoms with van der Waals surface area (Å²) in [6, 6.07) is 4.00. The topological polar surface area (TPSA) is 69.6 Å². The Balaban J connectivity index is 2.90. The van der Waals surface area contributed by atoms with Crippen molar-refractivity contribution in [2.45, 2.75) is 18.9 Å². The molecular formula is C12H15Br2NO3. The van der Waals surface area contributed by atoms with Crippen LogP contribution < -0.4 is 5.32 Å². The van der Waals surface area contributed by atoms with E-state index in [9.17, 15) is 15.0 Å². The minimum absolute atomic E-state index is 0.241. The highest BCUT2D eigenvalue weighted by Crippen LogP contribution is 2.25. The van der Waals surface area contributed by atoms with Crippen LogP contribution >= 0.6 is 31.9 Å². The number of amides is 1. The third-order valence-corrected chi connectivity index (χ3v) is 4.95. The van der Waals surface area contributed by atoms with Crippen LogP contribution in [0.4, 0.5) is 0 Å². The van der Waals surface area contributed by atoms with Gasteiger partial charge in [-0.05, 0) is 24.6 Å². The van der Waals surface area contributed by atoms with Crippen molar-refractivity contribution >= 4 is 37.8 Å². The molecule has 0 atom stereocenters. The van der Waals surface area contributed by atoms with Gasteiger partial charge in [-0.15, -0.1) is 0 Å². The van der Waals surface area contributed by atoms with Crippen molar-refractivity contribution in [1.29, 1.82) is 0 Å². The molecule has 0 radical (unpaired) electrons. The summed E-state index contributed by atoms with van der Waals surface area (Å²) >= 11 is 6.77. The highest BCUT2D eigenvalue weighted by molar-refractivity contribution is 9.09. The lowest BCUT2D eigenvalue weighted by Gasteiger charge is -2.30. The molecule has 18 heavy (non-hydrogen) atoms. The summed E-state index contributed by atoms with van der Waals surface area (Å²) in [6.07, 6.45) is 0.763. The summed E-state index contributed by atoms with van der Waals surface area (Å²) in [4.78, 5) is 12.1. The molecule has 0 aliphatic heterocycles. The van der Waals surface area contributed by atoms with Gasteiger partial charge in [0.15, 0.2) is 11.5 Å². The number of hydrogen-bond acceptors (Lipinski definition) is 3. The van der Waals surface area contributed by atoms with Gasteiger partial charge >= 0.3 is 0 Å². The van der Waals surface area contributed by atoms with Gasteiger partial charge in [0.1, 0.15) is 0 Å². The Morgan fingerprint density at radius 3 is 2.33 bits per heavy atom. The lowest BCUT2D eigenvalue weighted by atomic mass is 10.0. The van der Waals surface area contributed by atoms with E-state index < -0.39 is 0 Å². The van der Waals surface area contributed by atoms with Crippen LogP contribution in [-0.2, 0) is 0 Å². The number of benzene rings is 1. The Kier molecular flexibility index (Phi) is 5.47. The van der Waals surface area contributed by atoms with E-state index in [1.54, 1.807) is 0 Å². The van der Waals surface area contributed by atoms with Crippen LogP contribution in [0.25, 0.3) is 0 Å². The third-order valence-electron chi connectivity index (χ3n) is 2.80. The van der Waals surface area contributed by atoms with Crippen molar-refractivity contribution in [3.05, 3.63) is 23.8 Å². The number of carbonyl (C=O) groups excluding carboxylic acids is 1. The summed E-state index contributed by atoms with van der Waals surface area (Å²) in [7, 11) is 0. The summed E-state index contributed by atoms with van der Waals surface area (Å²) in [5.41, 5.74) is -0.0602. The summed E-state index contributed by atoms with van der Waals surface area (Å²) in [6.45, 7) is 1.98. The molecule has 0 aliphatic rings. The van der Waals surface area contributed by atoms with Crippen LogP contribution in [0, 0.1) is 0 Å². The molecule has 1 aromatic rings. The highest BCUT2D eigenvalue weighted by atomic mass is 79.9. The standard InChI is InChI=1S/C12H15Br2NO3/c1-2-12(6-13,7-14)15-11(18)8-3-4-9(16)10(17)5-8/h3-5,16-17H,2,6-7H2,1H3,(H,15,18). The van der Waals surface area contributed by atoms with E-state index in [2.05, 4.69) is 37.2 Å². The zero-order valence-corrected chi connectivity index (χ0v) is 13.1. The largest absolute Gasteiger partial charge is 0.504 e. The van der Waals surface area contributed by atoms with Gasteiger partial charge in [-0.1, -0.05) is 38.8 Å². The number of phenolic OH excluding ortho intramolecular Hbond substituents is 2. The predicted molar refractivity (Wildman–Crippen MR) is 77.8 cm³/mol. The molecule has 1 aromatic carbocycles. The van der Waals surface area contributed by atoms with Gasteiger partial charge < -0.3 is 15.5 Å². The van der Waals surface area contributed by atoms with E-state index in [0.717, 1.165) is 6.42 Å². The first-order chi connectivity index (χ1) is 8.48. The van der Waals surface area contributed by atoms with Crippen LogP contribution in [0.1, 0.15) is 23.7 Å². The fourth-order valence-corrected chi connectivity index (χ4v) is 3.36. The Labute approximate surface area is 123 Å². The molecule has 0 heterocycles. The molecule has 3 N–H and O–H groups in total. The van der Waals surface area contributed by atoms with Gasteiger partial charge in [0.2, 0.25) is 0 Å². The second-order valence-electron chi connectivity index (χ2n) is 4.06. The van der Waals surface area contributed by atoms with Crippen LogP contribution in [-0.4, -0.2) is 32.3 Å². The van der Waals surface area contributed by atoms with Crippen molar-refractivity contribution < 1.29 is 15.0 Å². The quantitative estimate of drug-likeness (QED) is 0.543. The molecule has 100 valence electrons. The lowest BCUT2D eigenvalue weighted by molar-refractivity contribution is 0.0915. The smallest absolute Gasteiger partial charge is 0.251 e. The number of nitrogens with one attached hydrogen (secondary N) is 1. The molecular weight excluding hydrogens is 366 g/mol. The number of aromatic hydroxyl groups is 2. The zero-order chi connectivity index (χ0) is 13.8. The van der Waals surface area contributed by atoms with E-state index in [4.69, 9.17) is 0 Å². The molecule has 1 amide bonds. The number of hydrogen-bond donors (Lipinski definition) is 3. The Morgan fingerprint density at radius 2 is 1.89 bits per heavy atom. The molecule has 0 fully saturated rings. The highest BCUT2D eigenvalue weighted by Gasteiger charge is 2.28. The van der Waals surface area contributed by atoms with E-state index in [1.807, 2.05) is 6.92 Å².